The second-order valence-corrected chi connectivity index (χ2v) is 5.13. The molecule has 23 heavy (non-hydrogen) atoms. The molecule has 0 spiro atoms. The van der Waals surface area contributed by atoms with Crippen molar-refractivity contribution < 1.29 is 13.2 Å². The van der Waals surface area contributed by atoms with E-state index in [1.807, 2.05) is 6.07 Å². The molecule has 2 aromatic heterocycles. The molecule has 1 unspecified atom stereocenters. The zero-order valence-corrected chi connectivity index (χ0v) is 12.9. The number of hydrogen-bond acceptors (Lipinski definition) is 5. The Hall–Kier alpha value is -2.40. The Balaban J connectivity index is 2.26. The van der Waals surface area contributed by atoms with Crippen molar-refractivity contribution in [3.8, 4) is 6.07 Å². The molecule has 2 aromatic rings. The first-order chi connectivity index (χ1) is 10.7. The molecule has 0 aromatic carbocycles. The second kappa shape index (κ2) is 6.38. The van der Waals surface area contributed by atoms with Gasteiger partial charge in [0.2, 0.25) is 5.95 Å². The monoisotopic (exact) mass is 341 g/mol. The van der Waals surface area contributed by atoms with E-state index in [4.69, 9.17) is 16.9 Å². The zero-order valence-electron chi connectivity index (χ0n) is 12.1. The van der Waals surface area contributed by atoms with Crippen LogP contribution in [0, 0.1) is 18.3 Å². The van der Waals surface area contributed by atoms with Gasteiger partial charge in [-0.1, -0.05) is 17.7 Å². The normalized spacial score (nSPS) is 12.6. The fraction of sp³-hybridized carbons (Fsp3) is 0.286. The number of anilines is 1. The van der Waals surface area contributed by atoms with E-state index < -0.39 is 17.9 Å². The highest BCUT2D eigenvalue weighted by Gasteiger charge is 2.33. The molecule has 9 heteroatoms. The molecule has 2 heterocycles. The number of nitriles is 1. The van der Waals surface area contributed by atoms with Crippen LogP contribution in [0.1, 0.15) is 35.6 Å². The van der Waals surface area contributed by atoms with Crippen molar-refractivity contribution in [2.24, 2.45) is 0 Å². The lowest BCUT2D eigenvalue weighted by Crippen LogP contribution is -2.14. The van der Waals surface area contributed by atoms with Gasteiger partial charge in [-0.15, -0.1) is 0 Å². The molecule has 1 atom stereocenters. The maximum absolute atomic E-state index is 12.6. The molecule has 5 nitrogen and oxygen atoms in total. The van der Waals surface area contributed by atoms with E-state index in [-0.39, 0.29) is 16.8 Å². The van der Waals surface area contributed by atoms with Crippen LogP contribution in [0.25, 0.3) is 0 Å². The lowest BCUT2D eigenvalue weighted by Gasteiger charge is -2.16. The zero-order chi connectivity index (χ0) is 17.2. The van der Waals surface area contributed by atoms with Crippen LogP contribution in [-0.2, 0) is 6.18 Å². The quantitative estimate of drug-likeness (QED) is 0.857. The summed E-state index contributed by atoms with van der Waals surface area (Å²) in [4.78, 5) is 11.5. The minimum atomic E-state index is -4.56. The number of nitrogens with one attached hydrogen (secondary N) is 1. The van der Waals surface area contributed by atoms with E-state index in [9.17, 15) is 13.2 Å². The van der Waals surface area contributed by atoms with Gasteiger partial charge in [-0.05, 0) is 26.0 Å². The third-order valence-corrected chi connectivity index (χ3v) is 3.25. The van der Waals surface area contributed by atoms with Crippen LogP contribution in [0.2, 0.25) is 5.15 Å². The minimum absolute atomic E-state index is 0.184. The van der Waals surface area contributed by atoms with Crippen LogP contribution in [0.4, 0.5) is 19.1 Å². The predicted molar refractivity (Wildman–Crippen MR) is 77.8 cm³/mol. The Kier molecular flexibility index (Phi) is 4.71. The van der Waals surface area contributed by atoms with Crippen LogP contribution < -0.4 is 5.32 Å². The lowest BCUT2D eigenvalue weighted by atomic mass is 10.1. The summed E-state index contributed by atoms with van der Waals surface area (Å²) in [5.74, 6) is 0.185. The van der Waals surface area contributed by atoms with Crippen molar-refractivity contribution in [3.05, 3.63) is 46.0 Å². The fourth-order valence-electron chi connectivity index (χ4n) is 1.89. The topological polar surface area (TPSA) is 74.5 Å². The van der Waals surface area contributed by atoms with Gasteiger partial charge in [0.05, 0.1) is 6.04 Å². The SMILES string of the molecule is Cc1cc(C#N)nc(NC(C)c2ccc(C(F)(F)F)nc2Cl)n1. The highest BCUT2D eigenvalue weighted by Crippen LogP contribution is 2.31. The number of pyridine rings is 1. The summed E-state index contributed by atoms with van der Waals surface area (Å²) in [6.07, 6.45) is -4.56. The number of aryl methyl sites for hydroxylation is 1. The molecule has 0 saturated heterocycles. The van der Waals surface area contributed by atoms with Gasteiger partial charge in [-0.25, -0.2) is 15.0 Å². The molecule has 0 saturated carbocycles. The Morgan fingerprint density at radius 1 is 1.26 bits per heavy atom. The first-order valence-corrected chi connectivity index (χ1v) is 6.84. The molecule has 0 aliphatic carbocycles. The van der Waals surface area contributed by atoms with Crippen molar-refractivity contribution in [2.75, 3.05) is 5.32 Å². The Morgan fingerprint density at radius 2 is 1.96 bits per heavy atom. The van der Waals surface area contributed by atoms with Crippen LogP contribution in [0.3, 0.4) is 0 Å². The van der Waals surface area contributed by atoms with E-state index in [1.54, 1.807) is 13.8 Å². The van der Waals surface area contributed by atoms with E-state index >= 15 is 0 Å². The second-order valence-electron chi connectivity index (χ2n) is 4.77. The third-order valence-electron chi connectivity index (χ3n) is 2.95. The minimum Gasteiger partial charge on any atom is -0.348 e. The van der Waals surface area contributed by atoms with Crippen LogP contribution in [0.15, 0.2) is 18.2 Å². The van der Waals surface area contributed by atoms with Gasteiger partial charge < -0.3 is 5.32 Å². The summed E-state index contributed by atoms with van der Waals surface area (Å²) in [5, 5.41) is 11.5. The van der Waals surface area contributed by atoms with Crippen molar-refractivity contribution in [3.63, 3.8) is 0 Å². The number of hydrogen-bond donors (Lipinski definition) is 1. The molecule has 120 valence electrons. The maximum atomic E-state index is 12.6. The first-order valence-electron chi connectivity index (χ1n) is 6.46. The molecule has 0 fully saturated rings. The Labute approximate surface area is 135 Å². The molecule has 0 amide bonds. The predicted octanol–water partition coefficient (Wildman–Crippen LogP) is 3.90. The summed E-state index contributed by atoms with van der Waals surface area (Å²) in [6.45, 7) is 3.37. The number of halogens is 4. The van der Waals surface area contributed by atoms with E-state index in [0.29, 0.717) is 11.3 Å². The van der Waals surface area contributed by atoms with Gasteiger partial charge in [0, 0.05) is 11.3 Å². The summed E-state index contributed by atoms with van der Waals surface area (Å²) in [5.41, 5.74) is 0.0760. The van der Waals surface area contributed by atoms with Gasteiger partial charge in [-0.2, -0.15) is 18.4 Å². The largest absolute Gasteiger partial charge is 0.433 e. The molecular formula is C14H11ClF3N5. The first kappa shape index (κ1) is 17.0. The van der Waals surface area contributed by atoms with Crippen LogP contribution in [-0.4, -0.2) is 15.0 Å². The average molecular weight is 342 g/mol. The number of rotatable bonds is 3. The van der Waals surface area contributed by atoms with Gasteiger partial charge in [-0.3, -0.25) is 0 Å². The Morgan fingerprint density at radius 3 is 2.52 bits per heavy atom. The summed E-state index contributed by atoms with van der Waals surface area (Å²) in [6, 6.07) is 5.03. The summed E-state index contributed by atoms with van der Waals surface area (Å²) >= 11 is 5.84. The van der Waals surface area contributed by atoms with Gasteiger partial charge in [0.25, 0.3) is 0 Å². The molecule has 0 aliphatic heterocycles. The van der Waals surface area contributed by atoms with E-state index in [1.165, 1.54) is 12.1 Å². The molecule has 0 bridgehead atoms. The molecule has 2 rings (SSSR count). The number of aromatic nitrogens is 3. The van der Waals surface area contributed by atoms with Crippen molar-refractivity contribution in [1.29, 1.82) is 5.26 Å². The fourth-order valence-corrected chi connectivity index (χ4v) is 2.21. The Bertz CT molecular complexity index is 770. The average Bonchev–Trinajstić information content (AvgIpc) is 2.45. The van der Waals surface area contributed by atoms with Crippen LogP contribution >= 0.6 is 11.6 Å². The van der Waals surface area contributed by atoms with E-state index in [0.717, 1.165) is 6.07 Å². The van der Waals surface area contributed by atoms with Crippen LogP contribution in [0.5, 0.6) is 0 Å². The highest BCUT2D eigenvalue weighted by molar-refractivity contribution is 6.30. The molecule has 0 aliphatic rings. The van der Waals surface area contributed by atoms with Gasteiger partial charge in [0.1, 0.15) is 22.6 Å². The lowest BCUT2D eigenvalue weighted by molar-refractivity contribution is -0.141. The smallest absolute Gasteiger partial charge is 0.348 e. The molecule has 0 radical (unpaired) electrons. The standard InChI is InChI=1S/C14H11ClF3N5/c1-7-5-9(6-19)22-13(20-7)21-8(2)10-3-4-11(14(16,17)18)23-12(10)15/h3-5,8H,1-2H3,(H,20,21,22). The number of nitrogens with zero attached hydrogens (tertiary/aromatic N) is 4. The van der Waals surface area contributed by atoms with Gasteiger partial charge >= 0.3 is 6.18 Å². The van der Waals surface area contributed by atoms with Gasteiger partial charge in [0.15, 0.2) is 0 Å². The van der Waals surface area contributed by atoms with Crippen molar-refractivity contribution in [1.82, 2.24) is 15.0 Å². The third kappa shape index (κ3) is 4.07. The highest BCUT2D eigenvalue weighted by atomic mass is 35.5. The van der Waals surface area contributed by atoms with Crippen molar-refractivity contribution in [2.45, 2.75) is 26.1 Å². The van der Waals surface area contributed by atoms with Crippen molar-refractivity contribution >= 4 is 17.5 Å². The molecule has 1 N–H and O–H groups in total. The number of alkyl halides is 3. The summed E-state index contributed by atoms with van der Waals surface area (Å²) < 4.78 is 37.8. The van der Waals surface area contributed by atoms with E-state index in [2.05, 4.69) is 20.3 Å². The maximum Gasteiger partial charge on any atom is 0.433 e. The molecular weight excluding hydrogens is 331 g/mol. The summed E-state index contributed by atoms with van der Waals surface area (Å²) in [7, 11) is 0.